The molecule has 0 saturated carbocycles. The zero-order valence-corrected chi connectivity index (χ0v) is 22.3. The number of nitrogens with one attached hydrogen (secondary N) is 3. The highest BCUT2D eigenvalue weighted by molar-refractivity contribution is 6.76. The molecule has 0 bridgehead atoms. The van der Waals surface area contributed by atoms with Gasteiger partial charge in [0.1, 0.15) is 11.0 Å². The number of amides is 1. The molecule has 0 saturated heterocycles. The van der Waals surface area contributed by atoms with E-state index in [-0.39, 0.29) is 35.0 Å². The monoisotopic (exact) mass is 608 g/mol. The summed E-state index contributed by atoms with van der Waals surface area (Å²) < 4.78 is 0.761. The van der Waals surface area contributed by atoms with Crippen LogP contribution in [0.4, 0.5) is 0 Å². The number of aliphatic imine (C=N–C) groups is 1. The number of hydrogen-bond donors (Lipinski definition) is 3. The number of benzene rings is 2. The van der Waals surface area contributed by atoms with Gasteiger partial charge in [-0.2, -0.15) is 0 Å². The molecule has 4 aromatic rings. The minimum atomic E-state index is -2.10. The summed E-state index contributed by atoms with van der Waals surface area (Å²) in [7, 11) is 0. The van der Waals surface area contributed by atoms with Crippen molar-refractivity contribution in [2.24, 2.45) is 4.99 Å². The lowest BCUT2D eigenvalue weighted by atomic mass is 10.1. The lowest BCUT2D eigenvalue weighted by Crippen LogP contribution is -2.34. The molecule has 3 N–H and O–H groups in total. The quantitative estimate of drug-likeness (QED) is 0.122. The van der Waals surface area contributed by atoms with Gasteiger partial charge in [-0.1, -0.05) is 46.9 Å². The molecule has 2 aromatic heterocycles. The normalized spacial score (nSPS) is 12.6. The van der Waals surface area contributed by atoms with E-state index >= 15 is 0 Å². The lowest BCUT2D eigenvalue weighted by molar-refractivity contribution is -0.120. The van der Waals surface area contributed by atoms with E-state index in [1.807, 2.05) is 0 Å². The minimum Gasteiger partial charge on any atom is -0.435 e. The van der Waals surface area contributed by atoms with E-state index in [4.69, 9.17) is 74.3 Å². The van der Waals surface area contributed by atoms with Crippen molar-refractivity contribution in [1.29, 1.82) is 0 Å². The lowest BCUT2D eigenvalue weighted by Gasteiger charge is -2.12. The number of carbonyl (C=O) groups is 1. The van der Waals surface area contributed by atoms with E-state index in [2.05, 4.69) is 20.3 Å². The third-order valence-corrected chi connectivity index (χ3v) is 5.91. The van der Waals surface area contributed by atoms with Gasteiger partial charge in [0.15, 0.2) is 6.40 Å². The first-order chi connectivity index (χ1) is 16.8. The van der Waals surface area contributed by atoms with Crippen molar-refractivity contribution in [3.8, 4) is 0 Å². The summed E-state index contributed by atoms with van der Waals surface area (Å²) in [5.41, 5.74) is 1.70. The van der Waals surface area contributed by atoms with Crippen molar-refractivity contribution >= 4 is 115 Å². The number of aromatic amines is 2. The van der Waals surface area contributed by atoms with Crippen molar-refractivity contribution < 1.29 is 9.53 Å². The first-order valence-corrected chi connectivity index (χ1v) is 12.3. The van der Waals surface area contributed by atoms with Gasteiger partial charge in [0.05, 0.1) is 6.54 Å². The summed E-state index contributed by atoms with van der Waals surface area (Å²) in [5.74, 6) is -0.793. The van der Waals surface area contributed by atoms with Gasteiger partial charge in [0.2, 0.25) is 10.9 Å². The number of hydrogen-bond acceptors (Lipinski definition) is 5. The Morgan fingerprint density at radius 3 is 1.94 bits per heavy atom. The predicted molar refractivity (Wildman–Crippen MR) is 146 cm³/mol. The van der Waals surface area contributed by atoms with Gasteiger partial charge in [0, 0.05) is 28.4 Å². The Balaban J connectivity index is 1.71. The van der Waals surface area contributed by atoms with E-state index in [9.17, 15) is 14.4 Å². The van der Waals surface area contributed by atoms with Crippen LogP contribution in [0.5, 0.6) is 0 Å². The molecule has 0 fully saturated rings. The van der Waals surface area contributed by atoms with Crippen LogP contribution in [-0.2, 0) is 22.6 Å². The Bertz CT molecular complexity index is 1640. The number of H-pyrrole nitrogens is 2. The van der Waals surface area contributed by atoms with Gasteiger partial charge in [-0.05, 0) is 70.2 Å². The number of pyridine rings is 2. The van der Waals surface area contributed by atoms with Crippen molar-refractivity contribution in [1.82, 2.24) is 15.3 Å². The summed E-state index contributed by atoms with van der Waals surface area (Å²) in [6.45, 7) is 0.201. The number of aromatic nitrogens is 2. The summed E-state index contributed by atoms with van der Waals surface area (Å²) in [6.07, 6.45) is 1.02. The number of ether oxygens (including phenoxy) is 1. The van der Waals surface area contributed by atoms with Crippen LogP contribution in [0.3, 0.4) is 0 Å². The van der Waals surface area contributed by atoms with Crippen LogP contribution in [0.15, 0.2) is 51.0 Å². The number of carbonyl (C=O) groups excluding carboxylic acids is 1. The van der Waals surface area contributed by atoms with Crippen LogP contribution in [0.25, 0.3) is 32.8 Å². The summed E-state index contributed by atoms with van der Waals surface area (Å²) in [4.78, 5) is 48.4. The van der Waals surface area contributed by atoms with Crippen LogP contribution in [0.1, 0.15) is 11.1 Å². The maximum absolute atomic E-state index is 13.2. The van der Waals surface area contributed by atoms with Gasteiger partial charge in [-0.15, -0.1) is 0 Å². The minimum absolute atomic E-state index is 0.0341. The molecule has 188 valence electrons. The van der Waals surface area contributed by atoms with Gasteiger partial charge >= 0.3 is 3.98 Å². The number of halogens is 6. The molecule has 2 heterocycles. The first kappa shape index (κ1) is 26.9. The van der Waals surface area contributed by atoms with Gasteiger partial charge in [0.25, 0.3) is 9.70 Å². The Kier molecular flexibility index (Phi) is 7.67. The zero-order chi connectivity index (χ0) is 26.3. The standard InChI is InChI=1S/C22H14Cl6N4O4/c23-21(24,25)20(35)30-8-11-2-4-15-13(6-11)19(34)17-16(32-15)18(33)12-5-10(1-3-14(12)31-17)7-29-9-36-22(26,27)28/h1-6,9H,7-8H2,(H,30,35)(H,31,33)(H,32,34)/b29-9-. The van der Waals surface area contributed by atoms with E-state index in [1.165, 1.54) is 0 Å². The molecular weight excluding hydrogens is 597 g/mol. The number of rotatable bonds is 5. The van der Waals surface area contributed by atoms with E-state index in [0.29, 0.717) is 32.9 Å². The van der Waals surface area contributed by atoms with E-state index in [1.54, 1.807) is 36.4 Å². The highest BCUT2D eigenvalue weighted by Gasteiger charge is 2.30. The van der Waals surface area contributed by atoms with Crippen molar-refractivity contribution in [3.05, 3.63) is 68.0 Å². The molecule has 14 heteroatoms. The smallest absolute Gasteiger partial charge is 0.339 e. The number of nitrogens with zero attached hydrogens (tertiary/aromatic N) is 1. The van der Waals surface area contributed by atoms with Gasteiger partial charge in [-0.25, -0.2) is 0 Å². The molecule has 8 nitrogen and oxygen atoms in total. The number of fused-ring (bicyclic) bond motifs is 3. The molecule has 1 amide bonds. The molecule has 0 aliphatic rings. The van der Waals surface area contributed by atoms with Gasteiger partial charge in [-0.3, -0.25) is 19.4 Å². The van der Waals surface area contributed by atoms with E-state index in [0.717, 1.165) is 6.40 Å². The second-order valence-corrected chi connectivity index (χ2v) is 12.1. The highest BCUT2D eigenvalue weighted by Crippen LogP contribution is 2.27. The molecule has 0 atom stereocenters. The fourth-order valence-electron chi connectivity index (χ4n) is 3.51. The fraction of sp³-hybridized carbons (Fsp3) is 0.182. The molecule has 4 rings (SSSR count). The second kappa shape index (κ2) is 10.3. The van der Waals surface area contributed by atoms with Crippen LogP contribution >= 0.6 is 69.6 Å². The Labute approximate surface area is 232 Å². The summed E-state index contributed by atoms with van der Waals surface area (Å²) >= 11 is 33.1. The second-order valence-electron chi connectivity index (χ2n) is 7.61. The largest absolute Gasteiger partial charge is 0.435 e. The molecule has 0 spiro atoms. The third kappa shape index (κ3) is 6.02. The van der Waals surface area contributed by atoms with Crippen LogP contribution in [0, 0.1) is 0 Å². The Morgan fingerprint density at radius 2 is 1.42 bits per heavy atom. The molecule has 0 unspecified atom stereocenters. The highest BCUT2D eigenvalue weighted by atomic mass is 35.6. The van der Waals surface area contributed by atoms with E-state index < -0.39 is 13.7 Å². The van der Waals surface area contributed by atoms with Crippen LogP contribution in [0.2, 0.25) is 0 Å². The summed E-state index contributed by atoms with van der Waals surface area (Å²) in [6, 6.07) is 9.95. The SMILES string of the molecule is O=C(NCc1ccc2[nH]c3c(=O)c4cc(C/N=C\OC(Cl)(Cl)Cl)ccc4[nH]c3c(=O)c2c1)C(Cl)(Cl)Cl. The zero-order valence-electron chi connectivity index (χ0n) is 17.8. The molecule has 0 radical (unpaired) electrons. The average Bonchev–Trinajstić information content (AvgIpc) is 2.80. The molecule has 36 heavy (non-hydrogen) atoms. The molecule has 2 aromatic carbocycles. The number of alkyl halides is 6. The Morgan fingerprint density at radius 1 is 0.889 bits per heavy atom. The first-order valence-electron chi connectivity index (χ1n) is 10.0. The molecule has 0 aliphatic carbocycles. The van der Waals surface area contributed by atoms with Gasteiger partial charge < -0.3 is 20.0 Å². The molecular formula is C22H14Cl6N4O4. The predicted octanol–water partition coefficient (Wildman–Crippen LogP) is 5.38. The summed E-state index contributed by atoms with van der Waals surface area (Å²) in [5, 5.41) is 3.16. The van der Waals surface area contributed by atoms with Crippen molar-refractivity contribution in [3.63, 3.8) is 0 Å². The third-order valence-electron chi connectivity index (χ3n) is 5.13. The van der Waals surface area contributed by atoms with Crippen LogP contribution in [-0.4, -0.2) is 30.0 Å². The maximum Gasteiger partial charge on any atom is 0.339 e. The van der Waals surface area contributed by atoms with Crippen LogP contribution < -0.4 is 16.2 Å². The van der Waals surface area contributed by atoms with Crippen molar-refractivity contribution in [2.75, 3.05) is 0 Å². The average molecular weight is 611 g/mol. The fourth-order valence-corrected chi connectivity index (χ4v) is 3.83. The topological polar surface area (TPSA) is 116 Å². The Hall–Kier alpha value is -2.20. The van der Waals surface area contributed by atoms with Crippen molar-refractivity contribution in [2.45, 2.75) is 20.9 Å². The maximum atomic E-state index is 13.2. The molecule has 0 aliphatic heterocycles.